The van der Waals surface area contributed by atoms with Crippen LogP contribution in [0.25, 0.3) is 0 Å². The number of nitrogens with one attached hydrogen (secondary N) is 1. The molecule has 2 rings (SSSR count). The van der Waals surface area contributed by atoms with Gasteiger partial charge in [0.05, 0.1) is 24.8 Å². The summed E-state index contributed by atoms with van der Waals surface area (Å²) in [5, 5.41) is 3.30. The molecule has 2 heterocycles. The third kappa shape index (κ3) is 2.70. The number of carbonyl (C=O) groups excluding carboxylic acids is 1. The van der Waals surface area contributed by atoms with Crippen molar-refractivity contribution in [1.29, 1.82) is 0 Å². The molecule has 3 atom stereocenters. The molecule has 92 valence electrons. The predicted octanol–water partition coefficient (Wildman–Crippen LogP) is 0.327. The molecule has 4 nitrogen and oxygen atoms in total. The topological polar surface area (TPSA) is 41.6 Å². The van der Waals surface area contributed by atoms with E-state index < -0.39 is 0 Å². The second kappa shape index (κ2) is 5.38. The van der Waals surface area contributed by atoms with Crippen LogP contribution in [0.1, 0.15) is 13.8 Å². The maximum atomic E-state index is 12.3. The standard InChI is InChI=1S/C11H20N2O2S/c1-8-6-15-9(2)5-13(8)11(14)10-7-16-4-3-12-10/h8-10,12H,3-7H2,1-2H3. The van der Waals surface area contributed by atoms with Gasteiger partial charge in [0.15, 0.2) is 0 Å². The monoisotopic (exact) mass is 244 g/mol. The van der Waals surface area contributed by atoms with Crippen LogP contribution in [0.3, 0.4) is 0 Å². The molecule has 3 unspecified atom stereocenters. The zero-order chi connectivity index (χ0) is 11.5. The van der Waals surface area contributed by atoms with Gasteiger partial charge in [0.1, 0.15) is 0 Å². The minimum Gasteiger partial charge on any atom is -0.375 e. The zero-order valence-corrected chi connectivity index (χ0v) is 10.8. The number of nitrogens with zero attached hydrogens (tertiary/aromatic N) is 1. The molecule has 0 radical (unpaired) electrons. The van der Waals surface area contributed by atoms with Crippen LogP contribution < -0.4 is 5.32 Å². The molecular formula is C11H20N2O2S. The van der Waals surface area contributed by atoms with Crippen molar-refractivity contribution in [2.45, 2.75) is 32.0 Å². The molecular weight excluding hydrogens is 224 g/mol. The van der Waals surface area contributed by atoms with Gasteiger partial charge in [0, 0.05) is 24.6 Å². The molecule has 0 aromatic heterocycles. The Balaban J connectivity index is 1.96. The fourth-order valence-electron chi connectivity index (χ4n) is 2.13. The summed E-state index contributed by atoms with van der Waals surface area (Å²) in [5.74, 6) is 2.26. The fourth-order valence-corrected chi connectivity index (χ4v) is 3.06. The quantitative estimate of drug-likeness (QED) is 0.721. The number of hydrogen-bond acceptors (Lipinski definition) is 4. The molecule has 16 heavy (non-hydrogen) atoms. The Labute approximate surface area is 101 Å². The number of thioether (sulfide) groups is 1. The molecule has 0 aliphatic carbocycles. The minimum absolute atomic E-state index is 0.00602. The number of rotatable bonds is 1. The lowest BCUT2D eigenvalue weighted by molar-refractivity contribution is -0.144. The van der Waals surface area contributed by atoms with Crippen LogP contribution in [0.2, 0.25) is 0 Å². The molecule has 1 N–H and O–H groups in total. The van der Waals surface area contributed by atoms with Crippen molar-refractivity contribution in [1.82, 2.24) is 10.2 Å². The van der Waals surface area contributed by atoms with E-state index in [1.165, 1.54) is 0 Å². The van der Waals surface area contributed by atoms with E-state index in [4.69, 9.17) is 4.74 Å². The van der Waals surface area contributed by atoms with E-state index >= 15 is 0 Å². The third-order valence-corrected chi connectivity index (χ3v) is 4.17. The molecule has 2 aliphatic heterocycles. The highest BCUT2D eigenvalue weighted by atomic mass is 32.2. The van der Waals surface area contributed by atoms with Gasteiger partial charge in [0.2, 0.25) is 5.91 Å². The maximum absolute atomic E-state index is 12.3. The molecule has 0 bridgehead atoms. The molecule has 0 saturated carbocycles. The maximum Gasteiger partial charge on any atom is 0.240 e. The van der Waals surface area contributed by atoms with Crippen LogP contribution in [-0.2, 0) is 9.53 Å². The van der Waals surface area contributed by atoms with Crippen LogP contribution in [0.15, 0.2) is 0 Å². The summed E-state index contributed by atoms with van der Waals surface area (Å²) in [4.78, 5) is 14.3. The summed E-state index contributed by atoms with van der Waals surface area (Å²) in [7, 11) is 0. The molecule has 0 aromatic rings. The number of ether oxygens (including phenoxy) is 1. The number of hydrogen-bond donors (Lipinski definition) is 1. The van der Waals surface area contributed by atoms with Crippen molar-refractivity contribution >= 4 is 17.7 Å². The van der Waals surface area contributed by atoms with Crippen LogP contribution >= 0.6 is 11.8 Å². The van der Waals surface area contributed by atoms with Gasteiger partial charge in [-0.1, -0.05) is 0 Å². The van der Waals surface area contributed by atoms with Gasteiger partial charge in [-0.3, -0.25) is 4.79 Å². The number of carbonyl (C=O) groups is 1. The summed E-state index contributed by atoms with van der Waals surface area (Å²) in [6, 6.07) is 0.212. The summed E-state index contributed by atoms with van der Waals surface area (Å²) in [6.07, 6.45) is 0.163. The Hall–Kier alpha value is -0.260. The summed E-state index contributed by atoms with van der Waals surface area (Å²) < 4.78 is 5.54. The number of amides is 1. The first kappa shape index (κ1) is 12.2. The van der Waals surface area contributed by atoms with Crippen LogP contribution in [0.4, 0.5) is 0 Å². The first-order chi connectivity index (χ1) is 7.68. The van der Waals surface area contributed by atoms with Crippen molar-refractivity contribution in [3.8, 4) is 0 Å². The Morgan fingerprint density at radius 3 is 3.00 bits per heavy atom. The minimum atomic E-state index is 0.00602. The Bertz CT molecular complexity index is 256. The zero-order valence-electron chi connectivity index (χ0n) is 9.94. The lowest BCUT2D eigenvalue weighted by atomic mass is 10.1. The van der Waals surface area contributed by atoms with Crippen LogP contribution in [0.5, 0.6) is 0 Å². The summed E-state index contributed by atoms with van der Waals surface area (Å²) >= 11 is 1.86. The van der Waals surface area contributed by atoms with Gasteiger partial charge in [0.25, 0.3) is 0 Å². The molecule has 1 amide bonds. The number of morpholine rings is 1. The second-order valence-electron chi connectivity index (χ2n) is 4.57. The van der Waals surface area contributed by atoms with Crippen molar-refractivity contribution in [2.24, 2.45) is 0 Å². The van der Waals surface area contributed by atoms with Gasteiger partial charge in [-0.15, -0.1) is 0 Å². The highest BCUT2D eigenvalue weighted by Crippen LogP contribution is 2.16. The lowest BCUT2D eigenvalue weighted by Gasteiger charge is -2.39. The van der Waals surface area contributed by atoms with Crippen molar-refractivity contribution in [2.75, 3.05) is 31.2 Å². The van der Waals surface area contributed by atoms with Gasteiger partial charge in [-0.05, 0) is 13.8 Å². The Morgan fingerprint density at radius 2 is 2.31 bits per heavy atom. The van der Waals surface area contributed by atoms with E-state index in [2.05, 4.69) is 12.2 Å². The van der Waals surface area contributed by atoms with Crippen molar-refractivity contribution < 1.29 is 9.53 Å². The summed E-state index contributed by atoms with van der Waals surface area (Å²) in [6.45, 7) is 6.40. The van der Waals surface area contributed by atoms with Crippen molar-refractivity contribution in [3.63, 3.8) is 0 Å². The predicted molar refractivity (Wildman–Crippen MR) is 65.7 cm³/mol. The van der Waals surface area contributed by atoms with Gasteiger partial charge >= 0.3 is 0 Å². The second-order valence-corrected chi connectivity index (χ2v) is 5.72. The molecule has 2 aliphatic rings. The van der Waals surface area contributed by atoms with Crippen molar-refractivity contribution in [3.05, 3.63) is 0 Å². The molecule has 0 aromatic carbocycles. The Morgan fingerprint density at radius 1 is 1.50 bits per heavy atom. The third-order valence-electron chi connectivity index (χ3n) is 3.11. The molecule has 0 spiro atoms. The van der Waals surface area contributed by atoms with E-state index in [1.807, 2.05) is 23.6 Å². The first-order valence-electron chi connectivity index (χ1n) is 5.91. The summed E-state index contributed by atoms with van der Waals surface area (Å²) in [5.41, 5.74) is 0. The highest BCUT2D eigenvalue weighted by molar-refractivity contribution is 7.99. The molecule has 2 saturated heterocycles. The fraction of sp³-hybridized carbons (Fsp3) is 0.909. The highest BCUT2D eigenvalue weighted by Gasteiger charge is 2.32. The van der Waals surface area contributed by atoms with E-state index in [0.29, 0.717) is 6.61 Å². The van der Waals surface area contributed by atoms with Gasteiger partial charge < -0.3 is 15.0 Å². The van der Waals surface area contributed by atoms with Crippen LogP contribution in [0, 0.1) is 0 Å². The molecule has 2 fully saturated rings. The lowest BCUT2D eigenvalue weighted by Crippen LogP contribution is -2.57. The smallest absolute Gasteiger partial charge is 0.240 e. The average Bonchev–Trinajstić information content (AvgIpc) is 2.32. The first-order valence-corrected chi connectivity index (χ1v) is 7.07. The van der Waals surface area contributed by atoms with Gasteiger partial charge in [-0.25, -0.2) is 0 Å². The van der Waals surface area contributed by atoms with Gasteiger partial charge in [-0.2, -0.15) is 11.8 Å². The SMILES string of the molecule is CC1CN(C(=O)C2CSCCN2)C(C)CO1. The van der Waals surface area contributed by atoms with E-state index in [0.717, 1.165) is 24.6 Å². The van der Waals surface area contributed by atoms with Crippen LogP contribution in [-0.4, -0.2) is 60.2 Å². The van der Waals surface area contributed by atoms with E-state index in [1.54, 1.807) is 0 Å². The van der Waals surface area contributed by atoms with E-state index in [-0.39, 0.29) is 24.1 Å². The Kier molecular flexibility index (Phi) is 4.10. The molecule has 5 heteroatoms. The average molecular weight is 244 g/mol. The normalized spacial score (nSPS) is 36.1. The largest absolute Gasteiger partial charge is 0.375 e. The van der Waals surface area contributed by atoms with E-state index in [9.17, 15) is 4.79 Å².